The Morgan fingerprint density at radius 1 is 1.03 bits per heavy atom. The van der Waals surface area contributed by atoms with E-state index < -0.39 is 0 Å². The zero-order valence-corrected chi connectivity index (χ0v) is 16.6. The number of ether oxygens (including phenoxy) is 1. The topological polar surface area (TPSA) is 83.1 Å². The molecule has 31 heavy (non-hydrogen) atoms. The van der Waals surface area contributed by atoms with Gasteiger partial charge in [0.15, 0.2) is 5.65 Å². The van der Waals surface area contributed by atoms with Gasteiger partial charge in [-0.2, -0.15) is 0 Å². The van der Waals surface area contributed by atoms with Crippen LogP contribution in [0.4, 0.5) is 15.8 Å². The predicted molar refractivity (Wildman–Crippen MR) is 117 cm³/mol. The molecule has 5 rings (SSSR count). The second-order valence-corrected chi connectivity index (χ2v) is 7.25. The zero-order chi connectivity index (χ0) is 21.2. The number of carbonyl (C=O) groups excluding carboxylic acids is 1. The molecule has 7 nitrogen and oxygen atoms in total. The van der Waals surface area contributed by atoms with Gasteiger partial charge in [0.05, 0.1) is 24.3 Å². The highest BCUT2D eigenvalue weighted by molar-refractivity contribution is 6.11. The van der Waals surface area contributed by atoms with E-state index >= 15 is 0 Å². The van der Waals surface area contributed by atoms with E-state index in [-0.39, 0.29) is 11.7 Å². The maximum Gasteiger partial charge on any atom is 0.257 e. The molecule has 4 aromatic rings. The lowest BCUT2D eigenvalue weighted by molar-refractivity contribution is 0.102. The van der Waals surface area contributed by atoms with Gasteiger partial charge in [-0.25, -0.2) is 14.4 Å². The van der Waals surface area contributed by atoms with Crippen LogP contribution in [-0.2, 0) is 4.74 Å². The standard InChI is InChI=1S/C23H20FN5O2/c24-16-3-1-15(2-4-16)21-27-20-19(9-10-25-22(20)28-21)23(30)26-17-5-7-18(8-6-17)29-11-13-31-14-12-29/h1-10H,11-14H2,(H,26,30)(H,25,27,28). The first-order chi connectivity index (χ1) is 15.2. The maximum atomic E-state index is 13.2. The molecule has 8 heteroatoms. The number of carbonyl (C=O) groups is 1. The molecular weight excluding hydrogens is 397 g/mol. The summed E-state index contributed by atoms with van der Waals surface area (Å²) >= 11 is 0. The number of pyridine rings is 1. The number of aromatic amines is 1. The Hall–Kier alpha value is -3.78. The Kier molecular flexibility index (Phi) is 5.05. The number of halogens is 1. The molecule has 1 fully saturated rings. The van der Waals surface area contributed by atoms with Gasteiger partial charge in [0.2, 0.25) is 0 Å². The second kappa shape index (κ2) is 8.16. The number of hydrogen-bond donors (Lipinski definition) is 2. The Morgan fingerprint density at radius 3 is 2.52 bits per heavy atom. The van der Waals surface area contributed by atoms with Gasteiger partial charge in [-0.3, -0.25) is 4.79 Å². The Balaban J connectivity index is 1.37. The number of H-pyrrole nitrogens is 1. The van der Waals surface area contributed by atoms with E-state index in [1.807, 2.05) is 24.3 Å². The van der Waals surface area contributed by atoms with Crippen LogP contribution < -0.4 is 10.2 Å². The fraction of sp³-hybridized carbons (Fsp3) is 0.174. The van der Waals surface area contributed by atoms with E-state index in [0.717, 1.165) is 32.0 Å². The van der Waals surface area contributed by atoms with Crippen LogP contribution in [0.3, 0.4) is 0 Å². The minimum Gasteiger partial charge on any atom is -0.378 e. The molecule has 1 aliphatic heterocycles. The van der Waals surface area contributed by atoms with Crippen LogP contribution in [0.15, 0.2) is 60.8 Å². The summed E-state index contributed by atoms with van der Waals surface area (Å²) in [4.78, 5) is 27.0. The van der Waals surface area contributed by atoms with Gasteiger partial charge in [0.1, 0.15) is 11.6 Å². The number of amides is 1. The quantitative estimate of drug-likeness (QED) is 0.527. The molecule has 0 bridgehead atoms. The minimum atomic E-state index is -0.322. The number of rotatable bonds is 4. The van der Waals surface area contributed by atoms with Crippen molar-refractivity contribution in [2.75, 3.05) is 36.5 Å². The highest BCUT2D eigenvalue weighted by Gasteiger charge is 2.16. The van der Waals surface area contributed by atoms with Crippen LogP contribution in [-0.4, -0.2) is 47.2 Å². The van der Waals surface area contributed by atoms with Gasteiger partial charge in [0, 0.05) is 36.2 Å². The zero-order valence-electron chi connectivity index (χ0n) is 16.6. The third-order valence-corrected chi connectivity index (χ3v) is 5.26. The first-order valence-corrected chi connectivity index (χ1v) is 10.0. The van der Waals surface area contributed by atoms with E-state index in [9.17, 15) is 9.18 Å². The molecule has 0 spiro atoms. The first-order valence-electron chi connectivity index (χ1n) is 10.0. The molecule has 2 N–H and O–H groups in total. The summed E-state index contributed by atoms with van der Waals surface area (Å²) in [6, 6.07) is 15.4. The Morgan fingerprint density at radius 2 is 1.77 bits per heavy atom. The SMILES string of the molecule is O=C(Nc1ccc(N2CCOCC2)cc1)c1ccnc2nc(-c3ccc(F)cc3)[nH]c12. The summed E-state index contributed by atoms with van der Waals surface area (Å²) in [5.41, 5.74) is 3.90. The van der Waals surface area contributed by atoms with Crippen molar-refractivity contribution in [1.29, 1.82) is 0 Å². The third-order valence-electron chi connectivity index (χ3n) is 5.26. The highest BCUT2D eigenvalue weighted by atomic mass is 19.1. The normalized spacial score (nSPS) is 14.0. The largest absolute Gasteiger partial charge is 0.378 e. The molecule has 1 saturated heterocycles. The average molecular weight is 417 g/mol. The maximum absolute atomic E-state index is 13.2. The van der Waals surface area contributed by atoms with Gasteiger partial charge in [-0.1, -0.05) is 0 Å². The number of fused-ring (bicyclic) bond motifs is 1. The molecule has 2 aromatic heterocycles. The van der Waals surface area contributed by atoms with Crippen molar-refractivity contribution < 1.29 is 13.9 Å². The first kappa shape index (κ1) is 19.2. The number of nitrogens with one attached hydrogen (secondary N) is 2. The molecule has 0 atom stereocenters. The fourth-order valence-corrected chi connectivity index (χ4v) is 3.62. The minimum absolute atomic E-state index is 0.263. The van der Waals surface area contributed by atoms with Crippen LogP contribution in [0.25, 0.3) is 22.6 Å². The molecule has 0 aliphatic carbocycles. The second-order valence-electron chi connectivity index (χ2n) is 7.25. The smallest absolute Gasteiger partial charge is 0.257 e. The van der Waals surface area contributed by atoms with Crippen LogP contribution in [0.5, 0.6) is 0 Å². The highest BCUT2D eigenvalue weighted by Crippen LogP contribution is 2.23. The molecule has 3 heterocycles. The number of aromatic nitrogens is 3. The lowest BCUT2D eigenvalue weighted by Crippen LogP contribution is -2.36. The number of nitrogens with zero attached hydrogens (tertiary/aromatic N) is 3. The third kappa shape index (κ3) is 3.97. The van der Waals surface area contributed by atoms with Crippen molar-refractivity contribution in [3.63, 3.8) is 0 Å². The van der Waals surface area contributed by atoms with E-state index in [1.54, 1.807) is 24.4 Å². The summed E-state index contributed by atoms with van der Waals surface area (Å²) < 4.78 is 18.6. The van der Waals surface area contributed by atoms with E-state index in [2.05, 4.69) is 25.2 Å². The fourth-order valence-electron chi connectivity index (χ4n) is 3.62. The van der Waals surface area contributed by atoms with Crippen molar-refractivity contribution in [2.45, 2.75) is 0 Å². The van der Waals surface area contributed by atoms with Crippen molar-refractivity contribution in [3.8, 4) is 11.4 Å². The monoisotopic (exact) mass is 417 g/mol. The molecule has 2 aromatic carbocycles. The van der Waals surface area contributed by atoms with E-state index in [1.165, 1.54) is 12.1 Å². The number of morpholine rings is 1. The van der Waals surface area contributed by atoms with Gasteiger partial charge in [-0.05, 0) is 54.6 Å². The molecule has 1 amide bonds. The summed E-state index contributed by atoms with van der Waals surface area (Å²) in [5, 5.41) is 2.93. The van der Waals surface area contributed by atoms with Crippen molar-refractivity contribution in [2.24, 2.45) is 0 Å². The Labute approximate surface area is 177 Å². The summed E-state index contributed by atoms with van der Waals surface area (Å²) in [5.74, 6) is -0.0591. The molecule has 0 radical (unpaired) electrons. The summed E-state index contributed by atoms with van der Waals surface area (Å²) in [6.45, 7) is 3.16. The van der Waals surface area contributed by atoms with Crippen LogP contribution >= 0.6 is 0 Å². The molecule has 0 unspecified atom stereocenters. The Bertz CT molecular complexity index is 1220. The van der Waals surface area contributed by atoms with Crippen molar-refractivity contribution in [1.82, 2.24) is 15.0 Å². The van der Waals surface area contributed by atoms with Crippen LogP contribution in [0, 0.1) is 5.82 Å². The van der Waals surface area contributed by atoms with Crippen LogP contribution in [0.1, 0.15) is 10.4 Å². The summed E-state index contributed by atoms with van der Waals surface area (Å²) in [7, 11) is 0. The molecule has 0 saturated carbocycles. The van der Waals surface area contributed by atoms with Crippen molar-refractivity contribution in [3.05, 3.63) is 72.2 Å². The predicted octanol–water partition coefficient (Wildman–Crippen LogP) is 3.85. The number of hydrogen-bond acceptors (Lipinski definition) is 5. The van der Waals surface area contributed by atoms with Gasteiger partial charge < -0.3 is 19.9 Å². The van der Waals surface area contributed by atoms with Crippen molar-refractivity contribution >= 4 is 28.4 Å². The van der Waals surface area contributed by atoms with E-state index in [4.69, 9.17) is 4.74 Å². The lowest BCUT2D eigenvalue weighted by Gasteiger charge is -2.28. The number of benzene rings is 2. The van der Waals surface area contributed by atoms with Crippen LogP contribution in [0.2, 0.25) is 0 Å². The van der Waals surface area contributed by atoms with Gasteiger partial charge >= 0.3 is 0 Å². The molecule has 156 valence electrons. The van der Waals surface area contributed by atoms with Gasteiger partial charge in [0.25, 0.3) is 5.91 Å². The van der Waals surface area contributed by atoms with E-state index in [0.29, 0.717) is 33.8 Å². The number of anilines is 2. The average Bonchev–Trinajstić information content (AvgIpc) is 3.25. The number of imidazole rings is 1. The lowest BCUT2D eigenvalue weighted by atomic mass is 10.2. The van der Waals surface area contributed by atoms with Gasteiger partial charge in [-0.15, -0.1) is 0 Å². The summed E-state index contributed by atoms with van der Waals surface area (Å²) in [6.07, 6.45) is 1.55. The molecular formula is C23H20FN5O2. The molecule has 1 aliphatic rings.